The van der Waals surface area contributed by atoms with E-state index in [1.165, 1.54) is 9.44 Å². The van der Waals surface area contributed by atoms with Crippen LogP contribution in [0.15, 0.2) is 46.4 Å². The van der Waals surface area contributed by atoms with Gasteiger partial charge in [-0.15, -0.1) is 24.8 Å². The van der Waals surface area contributed by atoms with Crippen LogP contribution in [-0.4, -0.2) is 0 Å². The van der Waals surface area contributed by atoms with Crippen molar-refractivity contribution in [2.75, 3.05) is 0 Å². The molecule has 0 aromatic heterocycles. The van der Waals surface area contributed by atoms with Crippen LogP contribution >= 0.6 is 24.8 Å². The molecule has 0 unspecified atom stereocenters. The zero-order valence-corrected chi connectivity index (χ0v) is 14.7. The molecule has 1 aromatic carbocycles. The van der Waals surface area contributed by atoms with Gasteiger partial charge in [-0.1, -0.05) is 0 Å². The van der Waals surface area contributed by atoms with Crippen molar-refractivity contribution in [3.63, 3.8) is 0 Å². The fourth-order valence-electron chi connectivity index (χ4n) is 1.67. The van der Waals surface area contributed by atoms with Crippen molar-refractivity contribution >= 4 is 24.8 Å². The van der Waals surface area contributed by atoms with E-state index in [4.69, 9.17) is 3.32 Å². The summed E-state index contributed by atoms with van der Waals surface area (Å²) in [5.74, 6) is 1.02. The second kappa shape index (κ2) is 8.16. The van der Waals surface area contributed by atoms with Gasteiger partial charge in [0.15, 0.2) is 0 Å². The van der Waals surface area contributed by atoms with Gasteiger partial charge >= 0.3 is 113 Å². The number of hydrogen-bond donors (Lipinski definition) is 0. The Labute approximate surface area is 137 Å². The maximum Gasteiger partial charge on any atom is -0.147 e. The smallest absolute Gasteiger partial charge is 0.147 e. The quantitative estimate of drug-likeness (QED) is 0.703. The predicted molar refractivity (Wildman–Crippen MR) is 82.1 cm³/mol. The molecule has 0 heterocycles. The minimum Gasteiger partial charge on any atom is -0.147 e. The maximum atomic E-state index is 5.94. The van der Waals surface area contributed by atoms with Crippen molar-refractivity contribution in [2.24, 2.45) is 0 Å². The molecule has 104 valence electrons. The molecule has 0 spiro atoms. The van der Waals surface area contributed by atoms with Crippen molar-refractivity contribution in [3.05, 3.63) is 51.9 Å². The topological polar surface area (TPSA) is 9.23 Å². The van der Waals surface area contributed by atoms with Crippen LogP contribution in [0.4, 0.5) is 0 Å². The summed E-state index contributed by atoms with van der Waals surface area (Å²) in [6.07, 6.45) is 7.58. The molecule has 0 aliphatic heterocycles. The summed E-state index contributed by atoms with van der Waals surface area (Å²) < 4.78 is 7.41. The summed E-state index contributed by atoms with van der Waals surface area (Å²) in [6, 6.07) is 8.49. The Hall–Kier alpha value is -0.206. The summed E-state index contributed by atoms with van der Waals surface area (Å²) in [5.41, 5.74) is 1.52. The molecule has 4 heteroatoms. The van der Waals surface area contributed by atoms with Crippen molar-refractivity contribution in [1.82, 2.24) is 0 Å². The molecule has 1 aliphatic rings. The molecule has 2 rings (SSSR count). The van der Waals surface area contributed by atoms with Crippen LogP contribution < -0.4 is 3.32 Å². The van der Waals surface area contributed by atoms with Gasteiger partial charge < -0.3 is 0 Å². The third-order valence-corrected chi connectivity index (χ3v) is 4.29. The van der Waals surface area contributed by atoms with E-state index in [-0.39, 0.29) is 30.2 Å². The van der Waals surface area contributed by atoms with Crippen molar-refractivity contribution in [3.8, 4) is 5.75 Å². The molecule has 1 nitrogen and oxygen atoms in total. The van der Waals surface area contributed by atoms with E-state index >= 15 is 0 Å². The Morgan fingerprint density at radius 3 is 2.47 bits per heavy atom. The van der Waals surface area contributed by atoms with Crippen LogP contribution in [0.3, 0.4) is 0 Å². The van der Waals surface area contributed by atoms with E-state index in [1.54, 1.807) is 0 Å². The number of halogens is 2. The first-order valence-electron chi connectivity index (χ1n) is 5.95. The van der Waals surface area contributed by atoms with E-state index in [0.717, 1.165) is 12.2 Å². The molecule has 0 bridgehead atoms. The van der Waals surface area contributed by atoms with E-state index < -0.39 is 19.5 Å². The summed E-state index contributed by atoms with van der Waals surface area (Å²) in [4.78, 5) is 0. The van der Waals surface area contributed by atoms with E-state index in [1.807, 2.05) is 0 Å². The zero-order valence-electron chi connectivity index (χ0n) is 11.5. The molecule has 0 saturated carbocycles. The van der Waals surface area contributed by atoms with Crippen LogP contribution in [0.2, 0.25) is 0 Å². The number of benzene rings is 1. The van der Waals surface area contributed by atoms with Gasteiger partial charge in [0.25, 0.3) is 0 Å². The first-order valence-corrected chi connectivity index (χ1v) is 7.37. The Morgan fingerprint density at radius 1 is 1.16 bits per heavy atom. The van der Waals surface area contributed by atoms with Crippen molar-refractivity contribution in [1.29, 1.82) is 0 Å². The maximum absolute atomic E-state index is 5.94. The fourth-order valence-corrected chi connectivity index (χ4v) is 2.83. The van der Waals surface area contributed by atoms with Crippen molar-refractivity contribution < 1.29 is 22.9 Å². The van der Waals surface area contributed by atoms with Crippen LogP contribution in [0.1, 0.15) is 32.8 Å². The molecule has 1 aliphatic carbocycles. The normalized spacial score (nSPS) is 13.1. The molecule has 0 amide bonds. The molecule has 1 aromatic rings. The predicted octanol–water partition coefficient (Wildman–Crippen LogP) is 5.05. The van der Waals surface area contributed by atoms with Gasteiger partial charge in [0.05, 0.1) is 0 Å². The van der Waals surface area contributed by atoms with Gasteiger partial charge in [-0.2, -0.15) is 0 Å². The third kappa shape index (κ3) is 5.75. The van der Waals surface area contributed by atoms with E-state index in [0.29, 0.717) is 0 Å². The zero-order chi connectivity index (χ0) is 12.3. The van der Waals surface area contributed by atoms with E-state index in [9.17, 15) is 0 Å². The molecule has 0 radical (unpaired) electrons. The molecule has 19 heavy (non-hydrogen) atoms. The molecule has 0 N–H and O–H groups in total. The van der Waals surface area contributed by atoms with Gasteiger partial charge in [0.2, 0.25) is 0 Å². The monoisotopic (exact) mass is 334 g/mol. The summed E-state index contributed by atoms with van der Waals surface area (Å²) in [6.45, 7) is 6.68. The molecular formula is C15H20Cl2OTi. The second-order valence-electron chi connectivity index (χ2n) is 5.31. The number of rotatable bonds is 3. The molecule has 0 saturated heterocycles. The molecule has 0 atom stereocenters. The van der Waals surface area contributed by atoms with Gasteiger partial charge in [-0.3, -0.25) is 0 Å². The van der Waals surface area contributed by atoms with Crippen molar-refractivity contribution in [2.45, 2.75) is 32.6 Å². The SMILES string of the molecule is CC(C)(C)c1cccc([O][Ti][C]2=CC=CC2)c1.Cl.Cl. The summed E-state index contributed by atoms with van der Waals surface area (Å²) in [7, 11) is 0. The number of allylic oxidation sites excluding steroid dienone is 4. The third-order valence-electron chi connectivity index (χ3n) is 2.77. The van der Waals surface area contributed by atoms with Gasteiger partial charge in [0.1, 0.15) is 0 Å². The first-order chi connectivity index (χ1) is 8.05. The second-order valence-corrected chi connectivity index (χ2v) is 6.95. The Morgan fingerprint density at radius 2 is 1.89 bits per heavy atom. The summed E-state index contributed by atoms with van der Waals surface area (Å²) in [5, 5.41) is 0. The van der Waals surface area contributed by atoms with Gasteiger partial charge in [-0.05, 0) is 0 Å². The molecular weight excluding hydrogens is 315 g/mol. The summed E-state index contributed by atoms with van der Waals surface area (Å²) >= 11 is -0.445. The number of hydrogen-bond acceptors (Lipinski definition) is 1. The Kier molecular flexibility index (Phi) is 8.08. The molecule has 0 fully saturated rings. The average Bonchev–Trinajstić information content (AvgIpc) is 2.78. The minimum atomic E-state index is -0.445. The average molecular weight is 335 g/mol. The van der Waals surface area contributed by atoms with Crippen LogP contribution in [0.5, 0.6) is 5.75 Å². The van der Waals surface area contributed by atoms with Crippen LogP contribution in [-0.2, 0) is 25.0 Å². The van der Waals surface area contributed by atoms with Crippen LogP contribution in [0, 0.1) is 0 Å². The van der Waals surface area contributed by atoms with Gasteiger partial charge in [-0.25, -0.2) is 0 Å². The minimum absolute atomic E-state index is 0. The fraction of sp³-hybridized carbons (Fsp3) is 0.333. The van der Waals surface area contributed by atoms with Gasteiger partial charge in [0, 0.05) is 0 Å². The van der Waals surface area contributed by atoms with Crippen LogP contribution in [0.25, 0.3) is 0 Å². The largest absolute Gasteiger partial charge is 0.147 e. The first kappa shape index (κ1) is 18.8. The standard InChI is InChI=1S/C10H14O.C5H5.2ClH.Ti/c1-10(2,3)8-5-4-6-9(11)7-8;1-2-4-5-3-1;;;/h4-7,11H,1-3H3;1-3H,4H2;2*1H;/q;;;;+1/p-1. The Bertz CT molecular complexity index is 461. The van der Waals surface area contributed by atoms with E-state index in [2.05, 4.69) is 63.3 Å². The Balaban J connectivity index is 0.00000162.